The van der Waals surface area contributed by atoms with Crippen molar-refractivity contribution in [2.75, 3.05) is 24.5 Å². The molecule has 1 saturated heterocycles. The number of halogens is 1. The van der Waals surface area contributed by atoms with Crippen LogP contribution in [0.1, 0.15) is 19.3 Å². The van der Waals surface area contributed by atoms with Gasteiger partial charge in [-0.15, -0.1) is 11.3 Å². The molecule has 2 N–H and O–H groups in total. The van der Waals surface area contributed by atoms with Crippen molar-refractivity contribution in [3.63, 3.8) is 0 Å². The van der Waals surface area contributed by atoms with E-state index in [0.29, 0.717) is 0 Å². The fourth-order valence-corrected chi connectivity index (χ4v) is 3.39. The summed E-state index contributed by atoms with van der Waals surface area (Å²) >= 11 is 5.11. The fraction of sp³-hybridized carbons (Fsp3) is 0.700. The predicted molar refractivity (Wildman–Crippen MR) is 68.4 cm³/mol. The van der Waals surface area contributed by atoms with Crippen molar-refractivity contribution < 1.29 is 0 Å². The lowest BCUT2D eigenvalue weighted by atomic mass is 9.95. The summed E-state index contributed by atoms with van der Waals surface area (Å²) in [6.45, 7) is 3.07. The molecule has 1 fully saturated rings. The van der Waals surface area contributed by atoms with Crippen molar-refractivity contribution in [2.45, 2.75) is 19.3 Å². The lowest BCUT2D eigenvalue weighted by molar-refractivity contribution is 0.396. The van der Waals surface area contributed by atoms with Gasteiger partial charge in [-0.25, -0.2) is 4.98 Å². The first-order chi connectivity index (χ1) is 7.29. The first-order valence-corrected chi connectivity index (χ1v) is 7.03. The molecule has 84 valence electrons. The third-order valence-electron chi connectivity index (χ3n) is 2.83. The smallest absolute Gasteiger partial charge is 0.186 e. The highest BCUT2D eigenvalue weighted by Gasteiger charge is 2.21. The van der Waals surface area contributed by atoms with E-state index in [1.54, 1.807) is 11.3 Å². The van der Waals surface area contributed by atoms with Crippen molar-refractivity contribution in [1.29, 1.82) is 0 Å². The minimum absolute atomic E-state index is 0.756. The van der Waals surface area contributed by atoms with Crippen LogP contribution in [0.3, 0.4) is 0 Å². The maximum absolute atomic E-state index is 5.61. The number of aromatic nitrogens is 1. The summed E-state index contributed by atoms with van der Waals surface area (Å²) in [7, 11) is 0. The van der Waals surface area contributed by atoms with Crippen LogP contribution in [0.2, 0.25) is 0 Å². The van der Waals surface area contributed by atoms with Crippen molar-refractivity contribution in [3.8, 4) is 0 Å². The summed E-state index contributed by atoms with van der Waals surface area (Å²) in [5.74, 6) is 0.756. The van der Waals surface area contributed by atoms with Crippen LogP contribution in [-0.2, 0) is 0 Å². The molecule has 0 spiro atoms. The Labute approximate surface area is 103 Å². The van der Waals surface area contributed by atoms with Crippen LogP contribution in [0.15, 0.2) is 9.98 Å². The molecule has 1 aromatic heterocycles. The molecule has 2 rings (SSSR count). The average molecular weight is 290 g/mol. The van der Waals surface area contributed by atoms with E-state index >= 15 is 0 Å². The number of hydrogen-bond acceptors (Lipinski definition) is 4. The predicted octanol–water partition coefficient (Wildman–Crippen LogP) is 2.47. The van der Waals surface area contributed by atoms with Gasteiger partial charge in [0, 0.05) is 18.5 Å². The van der Waals surface area contributed by atoms with Crippen molar-refractivity contribution in [2.24, 2.45) is 11.7 Å². The Morgan fingerprint density at radius 3 is 3.20 bits per heavy atom. The summed E-state index contributed by atoms with van der Waals surface area (Å²) in [6.07, 6.45) is 3.73. The average Bonchev–Trinajstić information content (AvgIpc) is 2.66. The van der Waals surface area contributed by atoms with Gasteiger partial charge < -0.3 is 10.6 Å². The molecule has 3 nitrogen and oxygen atoms in total. The van der Waals surface area contributed by atoms with Gasteiger partial charge in [-0.1, -0.05) is 0 Å². The zero-order chi connectivity index (χ0) is 10.7. The zero-order valence-electron chi connectivity index (χ0n) is 8.66. The Balaban J connectivity index is 1.98. The Morgan fingerprint density at radius 1 is 1.67 bits per heavy atom. The number of thiazole rings is 1. The maximum atomic E-state index is 5.61. The highest BCUT2D eigenvalue weighted by Crippen LogP contribution is 2.28. The molecule has 1 atom stereocenters. The largest absolute Gasteiger partial charge is 0.348 e. The summed E-state index contributed by atoms with van der Waals surface area (Å²) in [5, 5.41) is 3.19. The second-order valence-corrected chi connectivity index (χ2v) is 5.63. The van der Waals surface area contributed by atoms with Crippen molar-refractivity contribution in [3.05, 3.63) is 9.98 Å². The second kappa shape index (κ2) is 5.27. The topological polar surface area (TPSA) is 42.1 Å². The molecule has 0 amide bonds. The molecule has 5 heteroatoms. The number of nitrogens with two attached hydrogens (primary N) is 1. The molecule has 0 bridgehead atoms. The molecule has 2 heterocycles. The number of rotatable bonds is 3. The molecule has 0 radical (unpaired) electrons. The standard InChI is InChI=1S/C10H16BrN3S/c11-9-7-15-10(13-9)14-5-1-2-8(6-14)3-4-12/h7-8H,1-6,12H2. The summed E-state index contributed by atoms with van der Waals surface area (Å²) in [5.41, 5.74) is 5.61. The van der Waals surface area contributed by atoms with Crippen LogP contribution in [0.5, 0.6) is 0 Å². The number of piperidine rings is 1. The van der Waals surface area contributed by atoms with Crippen LogP contribution >= 0.6 is 27.3 Å². The Bertz CT molecular complexity index is 313. The van der Waals surface area contributed by atoms with Gasteiger partial charge in [-0.3, -0.25) is 0 Å². The van der Waals surface area contributed by atoms with Gasteiger partial charge in [0.2, 0.25) is 0 Å². The molecule has 0 aliphatic carbocycles. The van der Waals surface area contributed by atoms with Crippen molar-refractivity contribution >= 4 is 32.4 Å². The van der Waals surface area contributed by atoms with Crippen LogP contribution in [0.4, 0.5) is 5.13 Å². The molecular formula is C10H16BrN3S. The fourth-order valence-electron chi connectivity index (χ4n) is 2.10. The molecule has 0 saturated carbocycles. The van der Waals surface area contributed by atoms with Gasteiger partial charge >= 0.3 is 0 Å². The second-order valence-electron chi connectivity index (χ2n) is 3.98. The molecule has 1 unspecified atom stereocenters. The van der Waals surface area contributed by atoms with Gasteiger partial charge in [0.05, 0.1) is 0 Å². The monoisotopic (exact) mass is 289 g/mol. The Hall–Kier alpha value is -0.130. The molecule has 1 aliphatic rings. The van der Waals surface area contributed by atoms with E-state index in [4.69, 9.17) is 5.73 Å². The number of nitrogens with zero attached hydrogens (tertiary/aromatic N) is 2. The molecule has 1 aliphatic heterocycles. The van der Waals surface area contributed by atoms with Crippen LogP contribution in [0, 0.1) is 5.92 Å². The molecule has 1 aromatic rings. The molecule has 15 heavy (non-hydrogen) atoms. The van der Waals surface area contributed by atoms with Gasteiger partial charge in [-0.05, 0) is 47.7 Å². The minimum Gasteiger partial charge on any atom is -0.348 e. The van der Waals surface area contributed by atoms with E-state index in [1.165, 1.54) is 12.8 Å². The van der Waals surface area contributed by atoms with Crippen molar-refractivity contribution in [1.82, 2.24) is 4.98 Å². The summed E-state index contributed by atoms with van der Waals surface area (Å²) in [6, 6.07) is 0. The first-order valence-electron chi connectivity index (χ1n) is 5.35. The van der Waals surface area contributed by atoms with Gasteiger partial charge in [0.25, 0.3) is 0 Å². The van der Waals surface area contributed by atoms with E-state index in [1.807, 2.05) is 5.38 Å². The molecule has 0 aromatic carbocycles. The van der Waals surface area contributed by atoms with E-state index < -0.39 is 0 Å². The highest BCUT2D eigenvalue weighted by molar-refractivity contribution is 9.10. The van der Waals surface area contributed by atoms with Crippen LogP contribution in [0.25, 0.3) is 0 Å². The number of anilines is 1. The molecular weight excluding hydrogens is 274 g/mol. The zero-order valence-corrected chi connectivity index (χ0v) is 11.1. The summed E-state index contributed by atoms with van der Waals surface area (Å²) in [4.78, 5) is 6.85. The first kappa shape index (κ1) is 11.4. The van der Waals surface area contributed by atoms with E-state index in [0.717, 1.165) is 41.7 Å². The Morgan fingerprint density at radius 2 is 2.53 bits per heavy atom. The normalized spacial score (nSPS) is 22.0. The van der Waals surface area contributed by atoms with E-state index in [9.17, 15) is 0 Å². The van der Waals surface area contributed by atoms with Gasteiger partial charge in [0.1, 0.15) is 4.60 Å². The van der Waals surface area contributed by atoms with E-state index in [-0.39, 0.29) is 0 Å². The lowest BCUT2D eigenvalue weighted by Crippen LogP contribution is -2.36. The quantitative estimate of drug-likeness (QED) is 0.930. The van der Waals surface area contributed by atoms with Crippen LogP contribution in [-0.4, -0.2) is 24.6 Å². The lowest BCUT2D eigenvalue weighted by Gasteiger charge is -2.32. The number of hydrogen-bond donors (Lipinski definition) is 1. The van der Waals surface area contributed by atoms with Gasteiger partial charge in [-0.2, -0.15) is 0 Å². The minimum atomic E-state index is 0.756. The Kier molecular flexibility index (Phi) is 3.99. The highest BCUT2D eigenvalue weighted by atomic mass is 79.9. The summed E-state index contributed by atoms with van der Waals surface area (Å²) < 4.78 is 0.948. The maximum Gasteiger partial charge on any atom is 0.186 e. The van der Waals surface area contributed by atoms with Gasteiger partial charge in [0.15, 0.2) is 5.13 Å². The van der Waals surface area contributed by atoms with E-state index in [2.05, 4.69) is 25.8 Å². The third-order valence-corrected chi connectivity index (χ3v) is 4.44. The van der Waals surface area contributed by atoms with Crippen LogP contribution < -0.4 is 10.6 Å². The SMILES string of the molecule is NCCC1CCCN(c2nc(Br)cs2)C1. The third kappa shape index (κ3) is 2.92.